The zero-order valence-electron chi connectivity index (χ0n) is 26.3. The topological polar surface area (TPSA) is 128 Å². The molecule has 3 aromatic rings. The van der Waals surface area contributed by atoms with Crippen molar-refractivity contribution in [2.24, 2.45) is 0 Å². The Balaban J connectivity index is 1.50. The van der Waals surface area contributed by atoms with Gasteiger partial charge in [-0.25, -0.2) is 4.98 Å². The van der Waals surface area contributed by atoms with Crippen LogP contribution in [0.3, 0.4) is 0 Å². The van der Waals surface area contributed by atoms with Gasteiger partial charge in [0.25, 0.3) is 0 Å². The molecule has 1 unspecified atom stereocenters. The Hall–Kier alpha value is -3.58. The molecule has 1 fully saturated rings. The minimum atomic E-state index is -0.915. The number of anilines is 3. The number of hydrogen-bond acceptors (Lipinski definition) is 12. The minimum absolute atomic E-state index is 0.127. The highest BCUT2D eigenvalue weighted by atomic mass is 16.5. The molecule has 1 aromatic heterocycles. The number of piperidine rings is 1. The van der Waals surface area contributed by atoms with Crippen molar-refractivity contribution >= 4 is 28.4 Å². The molecule has 0 saturated carbocycles. The van der Waals surface area contributed by atoms with Gasteiger partial charge in [0.15, 0.2) is 11.5 Å². The monoisotopic (exact) mass is 597 g/mol. The summed E-state index contributed by atoms with van der Waals surface area (Å²) in [4.78, 5) is 16.1. The van der Waals surface area contributed by atoms with Gasteiger partial charge in [0.05, 0.1) is 32.4 Å². The van der Waals surface area contributed by atoms with E-state index < -0.39 is 6.10 Å². The number of fused-ring (bicyclic) bond motifs is 1. The Bertz CT molecular complexity index is 1330. The Morgan fingerprint density at radius 3 is 2.40 bits per heavy atom. The largest absolute Gasteiger partial charge is 0.493 e. The van der Waals surface area contributed by atoms with Crippen LogP contribution in [0.1, 0.15) is 18.4 Å². The first-order valence-corrected chi connectivity index (χ1v) is 14.7. The van der Waals surface area contributed by atoms with Crippen LogP contribution < -0.4 is 29.7 Å². The quantitative estimate of drug-likeness (QED) is 0.206. The molecule has 4 rings (SSSR count). The molecule has 0 spiro atoms. The van der Waals surface area contributed by atoms with Gasteiger partial charge in [0.2, 0.25) is 5.95 Å². The lowest BCUT2D eigenvalue weighted by Gasteiger charge is -2.34. The Labute approximate surface area is 254 Å². The fourth-order valence-corrected chi connectivity index (χ4v) is 5.18. The molecule has 0 aliphatic carbocycles. The van der Waals surface area contributed by atoms with E-state index in [1.807, 2.05) is 12.1 Å². The second-order valence-electron chi connectivity index (χ2n) is 11.3. The fraction of sp³-hybridized carbons (Fsp3) is 0.548. The van der Waals surface area contributed by atoms with Crippen molar-refractivity contribution < 1.29 is 24.4 Å². The standard InChI is InChI=1S/C31H47N7O5/c1-36(2)14-15-43-27-9-7-8-26(37(3)4)24(27)19-38-12-10-21(11-13-38)33-30-23-16-28(41-5)29(42-6)17-25(23)34-31(35-30)32-18-22(40)20-39/h7-9,16-17,21-22,39-40H,10-15,18-20H2,1-6H3,(H2,32,33,34,35). The normalized spacial score (nSPS) is 15.0. The number of nitrogens with one attached hydrogen (secondary N) is 2. The number of nitrogens with zero attached hydrogens (tertiary/aromatic N) is 5. The van der Waals surface area contributed by atoms with E-state index in [0.29, 0.717) is 35.4 Å². The SMILES string of the molecule is COc1cc2nc(NCC(O)CO)nc(NC3CCN(Cc4c(OCCN(C)C)cccc4N(C)C)CC3)c2cc1OC. The highest BCUT2D eigenvalue weighted by molar-refractivity contribution is 5.92. The van der Waals surface area contributed by atoms with Crippen molar-refractivity contribution in [2.75, 3.05) is 97.3 Å². The first-order valence-electron chi connectivity index (χ1n) is 14.7. The second-order valence-corrected chi connectivity index (χ2v) is 11.3. The van der Waals surface area contributed by atoms with Gasteiger partial charge in [-0.05, 0) is 45.1 Å². The van der Waals surface area contributed by atoms with Crippen molar-refractivity contribution in [3.8, 4) is 17.2 Å². The van der Waals surface area contributed by atoms with Crippen LogP contribution in [0.4, 0.5) is 17.5 Å². The van der Waals surface area contributed by atoms with Crippen LogP contribution in [0.15, 0.2) is 30.3 Å². The number of ether oxygens (including phenoxy) is 3. The molecule has 0 amide bonds. The van der Waals surface area contributed by atoms with E-state index in [1.165, 1.54) is 11.3 Å². The van der Waals surface area contributed by atoms with E-state index in [2.05, 4.69) is 76.7 Å². The minimum Gasteiger partial charge on any atom is -0.493 e. The lowest BCUT2D eigenvalue weighted by Crippen LogP contribution is -2.39. The summed E-state index contributed by atoms with van der Waals surface area (Å²) in [6, 6.07) is 10.2. The van der Waals surface area contributed by atoms with Crippen LogP contribution in [-0.2, 0) is 6.54 Å². The average Bonchev–Trinajstić information content (AvgIpc) is 3.00. The van der Waals surface area contributed by atoms with Gasteiger partial charge < -0.3 is 44.9 Å². The summed E-state index contributed by atoms with van der Waals surface area (Å²) >= 11 is 0. The van der Waals surface area contributed by atoms with Gasteiger partial charge in [-0.2, -0.15) is 4.98 Å². The molecule has 0 bridgehead atoms. The number of likely N-dealkylation sites (tertiary alicyclic amines) is 1. The van der Waals surface area contributed by atoms with Crippen molar-refractivity contribution in [1.82, 2.24) is 19.8 Å². The summed E-state index contributed by atoms with van der Waals surface area (Å²) in [6.07, 6.45) is 0.958. The lowest BCUT2D eigenvalue weighted by molar-refractivity contribution is 0.105. The summed E-state index contributed by atoms with van der Waals surface area (Å²) < 4.78 is 17.3. The maximum Gasteiger partial charge on any atom is 0.225 e. The van der Waals surface area contributed by atoms with Gasteiger partial charge >= 0.3 is 0 Å². The molecule has 236 valence electrons. The molecule has 12 nitrogen and oxygen atoms in total. The van der Waals surface area contributed by atoms with Crippen LogP contribution in [-0.4, -0.2) is 124 Å². The Morgan fingerprint density at radius 1 is 1.02 bits per heavy atom. The summed E-state index contributed by atoms with van der Waals surface area (Å²) in [6.45, 7) is 3.93. The Morgan fingerprint density at radius 2 is 1.74 bits per heavy atom. The van der Waals surface area contributed by atoms with Gasteiger partial charge in [0, 0.05) is 75.6 Å². The number of aliphatic hydroxyl groups is 2. The molecule has 4 N–H and O–H groups in total. The zero-order valence-corrected chi connectivity index (χ0v) is 26.3. The van der Waals surface area contributed by atoms with Crippen LogP contribution in [0, 0.1) is 0 Å². The lowest BCUT2D eigenvalue weighted by atomic mass is 10.0. The molecule has 0 radical (unpaired) electrons. The fourth-order valence-electron chi connectivity index (χ4n) is 5.18. The summed E-state index contributed by atoms with van der Waals surface area (Å²) in [5.74, 6) is 3.14. The summed E-state index contributed by atoms with van der Waals surface area (Å²) in [7, 11) is 11.4. The molecule has 1 aliphatic heterocycles. The molecular weight excluding hydrogens is 550 g/mol. The van der Waals surface area contributed by atoms with E-state index >= 15 is 0 Å². The van der Waals surface area contributed by atoms with E-state index in [9.17, 15) is 10.2 Å². The van der Waals surface area contributed by atoms with Gasteiger partial charge in [-0.1, -0.05) is 6.07 Å². The molecule has 1 atom stereocenters. The molecule has 2 heterocycles. The molecule has 1 aliphatic rings. The Kier molecular flexibility index (Phi) is 11.5. The van der Waals surface area contributed by atoms with E-state index in [0.717, 1.165) is 50.2 Å². The van der Waals surface area contributed by atoms with E-state index in [1.54, 1.807) is 14.2 Å². The maximum atomic E-state index is 9.84. The molecule has 1 saturated heterocycles. The van der Waals surface area contributed by atoms with Crippen molar-refractivity contribution in [3.63, 3.8) is 0 Å². The highest BCUT2D eigenvalue weighted by Gasteiger charge is 2.24. The van der Waals surface area contributed by atoms with Crippen LogP contribution in [0.5, 0.6) is 17.2 Å². The van der Waals surface area contributed by atoms with Crippen LogP contribution >= 0.6 is 0 Å². The molecule has 2 aromatic carbocycles. The van der Waals surface area contributed by atoms with E-state index in [4.69, 9.17) is 19.2 Å². The van der Waals surface area contributed by atoms with Gasteiger partial charge in [-0.15, -0.1) is 0 Å². The molecule has 12 heteroatoms. The molecular formula is C31H47N7O5. The number of hydrogen-bond donors (Lipinski definition) is 4. The third-order valence-electron chi connectivity index (χ3n) is 7.60. The number of aliphatic hydroxyl groups excluding tert-OH is 2. The first kappa shape index (κ1) is 32.3. The summed E-state index contributed by atoms with van der Waals surface area (Å²) in [5, 5.41) is 26.6. The maximum absolute atomic E-state index is 9.84. The number of benzene rings is 2. The first-order chi connectivity index (χ1) is 20.7. The van der Waals surface area contributed by atoms with E-state index in [-0.39, 0.29) is 19.2 Å². The van der Waals surface area contributed by atoms with Gasteiger partial charge in [-0.3, -0.25) is 4.90 Å². The average molecular weight is 598 g/mol. The van der Waals surface area contributed by atoms with Crippen molar-refractivity contribution in [2.45, 2.75) is 31.5 Å². The van der Waals surface area contributed by atoms with Crippen LogP contribution in [0.2, 0.25) is 0 Å². The number of likely N-dealkylation sites (N-methyl/N-ethyl adjacent to an activating group) is 1. The third kappa shape index (κ3) is 8.50. The van der Waals surface area contributed by atoms with Crippen molar-refractivity contribution in [3.05, 3.63) is 35.9 Å². The van der Waals surface area contributed by atoms with Crippen molar-refractivity contribution in [1.29, 1.82) is 0 Å². The predicted molar refractivity (Wildman–Crippen MR) is 171 cm³/mol. The smallest absolute Gasteiger partial charge is 0.225 e. The van der Waals surface area contributed by atoms with Crippen LogP contribution in [0.25, 0.3) is 10.9 Å². The number of aromatic nitrogens is 2. The molecule has 43 heavy (non-hydrogen) atoms. The number of rotatable bonds is 15. The highest BCUT2D eigenvalue weighted by Crippen LogP contribution is 2.36. The summed E-state index contributed by atoms with van der Waals surface area (Å²) in [5.41, 5.74) is 3.06. The van der Waals surface area contributed by atoms with Gasteiger partial charge in [0.1, 0.15) is 18.2 Å². The predicted octanol–water partition coefficient (Wildman–Crippen LogP) is 2.50. The second kappa shape index (κ2) is 15.2. The zero-order chi connectivity index (χ0) is 30.9. The number of methoxy groups -OCH3 is 2. The third-order valence-corrected chi connectivity index (χ3v) is 7.60.